The van der Waals surface area contributed by atoms with E-state index in [1.54, 1.807) is 0 Å². The van der Waals surface area contributed by atoms with Crippen LogP contribution < -0.4 is 5.32 Å². The van der Waals surface area contributed by atoms with Crippen molar-refractivity contribution in [1.82, 2.24) is 5.32 Å². The summed E-state index contributed by atoms with van der Waals surface area (Å²) in [5.41, 5.74) is 0. The van der Waals surface area contributed by atoms with E-state index in [1.165, 1.54) is 7.11 Å². The fraction of sp³-hybridized carbons (Fsp3) is 0.800. The molecule has 0 saturated heterocycles. The fourth-order valence-electron chi connectivity index (χ4n) is 1.13. The molecule has 15 heavy (non-hydrogen) atoms. The van der Waals surface area contributed by atoms with Gasteiger partial charge in [-0.25, -0.2) is 0 Å². The third-order valence-electron chi connectivity index (χ3n) is 2.07. The summed E-state index contributed by atoms with van der Waals surface area (Å²) in [6.45, 7) is 2.64. The van der Waals surface area contributed by atoms with Crippen molar-refractivity contribution in [2.75, 3.05) is 13.7 Å². The van der Waals surface area contributed by atoms with Crippen LogP contribution in [0.3, 0.4) is 0 Å². The summed E-state index contributed by atoms with van der Waals surface area (Å²) in [4.78, 5) is 21.0. The van der Waals surface area contributed by atoms with E-state index in [1.807, 2.05) is 6.92 Å². The zero-order valence-corrected chi connectivity index (χ0v) is 9.28. The zero-order chi connectivity index (χ0) is 11.7. The van der Waals surface area contributed by atoms with Crippen molar-refractivity contribution in [2.45, 2.75) is 38.6 Å². The molecule has 0 rings (SSSR count). The van der Waals surface area contributed by atoms with Gasteiger partial charge in [-0.1, -0.05) is 0 Å². The van der Waals surface area contributed by atoms with Crippen molar-refractivity contribution in [3.8, 4) is 0 Å². The number of hydrogen-bond donors (Lipinski definition) is 2. The van der Waals surface area contributed by atoms with Crippen LogP contribution in [0.4, 0.5) is 0 Å². The van der Waals surface area contributed by atoms with Gasteiger partial charge in [-0.15, -0.1) is 0 Å². The van der Waals surface area contributed by atoms with Gasteiger partial charge in [0.2, 0.25) is 0 Å². The zero-order valence-electron chi connectivity index (χ0n) is 9.28. The van der Waals surface area contributed by atoms with Crippen molar-refractivity contribution in [3.63, 3.8) is 0 Å². The molecule has 0 aromatic rings. The van der Waals surface area contributed by atoms with E-state index in [2.05, 4.69) is 10.1 Å². The molecule has 1 atom stereocenters. The number of carbonyl (C=O) groups excluding carboxylic acids is 1. The maximum atomic E-state index is 10.7. The minimum absolute atomic E-state index is 0.166. The quantitative estimate of drug-likeness (QED) is 0.464. The van der Waals surface area contributed by atoms with Gasteiger partial charge in [0.1, 0.15) is 0 Å². The van der Waals surface area contributed by atoms with E-state index in [-0.39, 0.29) is 18.4 Å². The molecule has 0 spiro atoms. The monoisotopic (exact) mass is 217 g/mol. The SMILES string of the molecule is COC(=O)CCCNC(C)CCC(=O)O. The Morgan fingerprint density at radius 3 is 2.60 bits per heavy atom. The Labute approximate surface area is 89.8 Å². The molecule has 0 heterocycles. The summed E-state index contributed by atoms with van der Waals surface area (Å²) in [5.74, 6) is -0.992. The predicted octanol–water partition coefficient (Wildman–Crippen LogP) is 0.782. The number of esters is 1. The molecule has 0 saturated carbocycles. The summed E-state index contributed by atoms with van der Waals surface area (Å²) in [6.07, 6.45) is 1.89. The molecule has 0 bridgehead atoms. The number of nitrogens with one attached hydrogen (secondary N) is 1. The normalized spacial score (nSPS) is 12.1. The van der Waals surface area contributed by atoms with Crippen molar-refractivity contribution in [2.24, 2.45) is 0 Å². The van der Waals surface area contributed by atoms with Crippen LogP contribution >= 0.6 is 0 Å². The Morgan fingerprint density at radius 1 is 1.40 bits per heavy atom. The van der Waals surface area contributed by atoms with Crippen molar-refractivity contribution in [1.29, 1.82) is 0 Å². The van der Waals surface area contributed by atoms with Crippen molar-refractivity contribution < 1.29 is 19.4 Å². The first-order valence-corrected chi connectivity index (χ1v) is 5.08. The maximum absolute atomic E-state index is 10.7. The highest BCUT2D eigenvalue weighted by Gasteiger charge is 2.05. The summed E-state index contributed by atoms with van der Waals surface area (Å²) in [7, 11) is 1.37. The molecule has 0 aliphatic carbocycles. The van der Waals surface area contributed by atoms with Crippen LogP contribution in [0.25, 0.3) is 0 Å². The lowest BCUT2D eigenvalue weighted by atomic mass is 10.2. The highest BCUT2D eigenvalue weighted by atomic mass is 16.5. The Morgan fingerprint density at radius 2 is 2.07 bits per heavy atom. The van der Waals surface area contributed by atoms with Gasteiger partial charge in [0, 0.05) is 18.9 Å². The second-order valence-electron chi connectivity index (χ2n) is 3.47. The fourth-order valence-corrected chi connectivity index (χ4v) is 1.13. The number of aliphatic carboxylic acids is 1. The van der Waals surface area contributed by atoms with Crippen LogP contribution in [0.2, 0.25) is 0 Å². The van der Waals surface area contributed by atoms with Crippen molar-refractivity contribution >= 4 is 11.9 Å². The van der Waals surface area contributed by atoms with Crippen LogP contribution in [-0.2, 0) is 14.3 Å². The largest absolute Gasteiger partial charge is 0.481 e. The Balaban J connectivity index is 3.34. The third-order valence-corrected chi connectivity index (χ3v) is 2.07. The molecule has 2 N–H and O–H groups in total. The lowest BCUT2D eigenvalue weighted by Crippen LogP contribution is -2.28. The van der Waals surface area contributed by atoms with Gasteiger partial charge in [-0.3, -0.25) is 9.59 Å². The van der Waals surface area contributed by atoms with E-state index in [9.17, 15) is 9.59 Å². The average Bonchev–Trinajstić information content (AvgIpc) is 2.21. The number of methoxy groups -OCH3 is 1. The second-order valence-corrected chi connectivity index (χ2v) is 3.47. The minimum atomic E-state index is -0.779. The van der Waals surface area contributed by atoms with E-state index in [0.29, 0.717) is 25.8 Å². The molecule has 5 nitrogen and oxygen atoms in total. The summed E-state index contributed by atoms with van der Waals surface area (Å²) in [6, 6.07) is 0.166. The van der Waals surface area contributed by atoms with Crippen LogP contribution in [0.1, 0.15) is 32.6 Å². The highest BCUT2D eigenvalue weighted by Crippen LogP contribution is 1.97. The number of ether oxygens (including phenoxy) is 1. The molecule has 5 heteroatoms. The molecule has 88 valence electrons. The summed E-state index contributed by atoms with van der Waals surface area (Å²) >= 11 is 0. The van der Waals surface area contributed by atoms with Gasteiger partial charge >= 0.3 is 11.9 Å². The van der Waals surface area contributed by atoms with Crippen molar-refractivity contribution in [3.05, 3.63) is 0 Å². The van der Waals surface area contributed by atoms with Crippen LogP contribution in [0.15, 0.2) is 0 Å². The average molecular weight is 217 g/mol. The number of carboxylic acids is 1. The van der Waals surface area contributed by atoms with Crippen LogP contribution in [-0.4, -0.2) is 36.7 Å². The van der Waals surface area contributed by atoms with Gasteiger partial charge in [-0.2, -0.15) is 0 Å². The minimum Gasteiger partial charge on any atom is -0.481 e. The number of hydrogen-bond acceptors (Lipinski definition) is 4. The molecule has 0 aliphatic heterocycles. The topological polar surface area (TPSA) is 75.6 Å². The van der Waals surface area contributed by atoms with Gasteiger partial charge in [-0.05, 0) is 26.3 Å². The number of carboxylic acid groups (broad SMARTS) is 1. The van der Waals surface area contributed by atoms with Gasteiger partial charge in [0.05, 0.1) is 7.11 Å². The maximum Gasteiger partial charge on any atom is 0.305 e. The second kappa shape index (κ2) is 8.23. The molecule has 0 radical (unpaired) electrons. The number of carbonyl (C=O) groups is 2. The lowest BCUT2D eigenvalue weighted by Gasteiger charge is -2.11. The first kappa shape index (κ1) is 13.9. The summed E-state index contributed by atoms with van der Waals surface area (Å²) in [5, 5.41) is 11.6. The molecule has 0 aromatic heterocycles. The molecule has 0 aliphatic rings. The van der Waals surface area contributed by atoms with Gasteiger partial charge in [0.15, 0.2) is 0 Å². The predicted molar refractivity (Wildman–Crippen MR) is 55.6 cm³/mol. The Kier molecular flexibility index (Phi) is 7.62. The summed E-state index contributed by atoms with van der Waals surface area (Å²) < 4.78 is 4.49. The molecule has 0 amide bonds. The van der Waals surface area contributed by atoms with Crippen LogP contribution in [0, 0.1) is 0 Å². The molecule has 1 unspecified atom stereocenters. The smallest absolute Gasteiger partial charge is 0.305 e. The molecule has 0 aromatic carbocycles. The van der Waals surface area contributed by atoms with E-state index in [4.69, 9.17) is 5.11 Å². The van der Waals surface area contributed by atoms with E-state index >= 15 is 0 Å². The molecule has 0 fully saturated rings. The van der Waals surface area contributed by atoms with Gasteiger partial charge < -0.3 is 15.2 Å². The Hall–Kier alpha value is -1.10. The van der Waals surface area contributed by atoms with E-state index < -0.39 is 5.97 Å². The van der Waals surface area contributed by atoms with Crippen LogP contribution in [0.5, 0.6) is 0 Å². The van der Waals surface area contributed by atoms with Gasteiger partial charge in [0.25, 0.3) is 0 Å². The standard InChI is InChI=1S/C10H19NO4/c1-8(5-6-9(12)13)11-7-3-4-10(14)15-2/h8,11H,3-7H2,1-2H3,(H,12,13). The van der Waals surface area contributed by atoms with E-state index in [0.717, 1.165) is 0 Å². The number of rotatable bonds is 8. The first-order chi connectivity index (χ1) is 7.06. The lowest BCUT2D eigenvalue weighted by molar-refractivity contribution is -0.140. The molecular weight excluding hydrogens is 198 g/mol. The first-order valence-electron chi connectivity index (χ1n) is 5.08. The molecular formula is C10H19NO4. The Bertz CT molecular complexity index is 206. The third kappa shape index (κ3) is 9.21. The highest BCUT2D eigenvalue weighted by molar-refractivity contribution is 5.69.